The van der Waals surface area contributed by atoms with Crippen molar-refractivity contribution in [2.24, 2.45) is 0 Å². The SMILES string of the molecule is COc1cccc(-c2sc(C)nc2C(=O)N(CCNC(=O)c2cccc3c2OCCO3)C2CC2)c1. The average Bonchev–Trinajstić information content (AvgIpc) is 3.65. The van der Waals surface area contributed by atoms with Crippen LogP contribution < -0.4 is 19.5 Å². The smallest absolute Gasteiger partial charge is 0.274 e. The highest BCUT2D eigenvalue weighted by Gasteiger charge is 2.35. The molecule has 0 radical (unpaired) electrons. The Morgan fingerprint density at radius 1 is 1.17 bits per heavy atom. The van der Waals surface area contributed by atoms with Gasteiger partial charge in [-0.25, -0.2) is 4.98 Å². The van der Waals surface area contributed by atoms with Crippen molar-refractivity contribution >= 4 is 23.2 Å². The van der Waals surface area contributed by atoms with Gasteiger partial charge in [-0.05, 0) is 49.6 Å². The topological polar surface area (TPSA) is 90.0 Å². The second-order valence-corrected chi connectivity index (χ2v) is 9.66. The Hall–Kier alpha value is -3.59. The van der Waals surface area contributed by atoms with Crippen LogP contribution in [0.15, 0.2) is 42.5 Å². The first-order valence-corrected chi connectivity index (χ1v) is 12.5. The number of thiazole rings is 1. The Kier molecular flexibility index (Phi) is 6.59. The number of amides is 2. The molecule has 0 atom stereocenters. The summed E-state index contributed by atoms with van der Waals surface area (Å²) in [5.41, 5.74) is 1.78. The largest absolute Gasteiger partial charge is 0.497 e. The normalized spacial score (nSPS) is 14.3. The molecule has 35 heavy (non-hydrogen) atoms. The molecule has 1 saturated carbocycles. The van der Waals surface area contributed by atoms with Crippen molar-refractivity contribution in [1.29, 1.82) is 0 Å². The molecule has 8 nitrogen and oxygen atoms in total. The number of methoxy groups -OCH3 is 1. The number of nitrogens with zero attached hydrogens (tertiary/aromatic N) is 2. The zero-order valence-corrected chi connectivity index (χ0v) is 20.5. The predicted octanol–water partition coefficient (Wildman–Crippen LogP) is 3.93. The second-order valence-electron chi connectivity index (χ2n) is 8.46. The van der Waals surface area contributed by atoms with Crippen LogP contribution >= 0.6 is 11.3 Å². The highest BCUT2D eigenvalue weighted by Crippen LogP contribution is 2.36. The summed E-state index contributed by atoms with van der Waals surface area (Å²) in [5, 5.41) is 3.76. The van der Waals surface area contributed by atoms with Crippen molar-refractivity contribution in [1.82, 2.24) is 15.2 Å². The van der Waals surface area contributed by atoms with E-state index < -0.39 is 0 Å². The summed E-state index contributed by atoms with van der Waals surface area (Å²) in [6.07, 6.45) is 1.91. The molecule has 2 aromatic carbocycles. The molecule has 0 spiro atoms. The Morgan fingerprint density at radius 3 is 2.77 bits per heavy atom. The van der Waals surface area contributed by atoms with Crippen molar-refractivity contribution in [3.63, 3.8) is 0 Å². The van der Waals surface area contributed by atoms with E-state index in [1.54, 1.807) is 25.3 Å². The van der Waals surface area contributed by atoms with Crippen LogP contribution in [0.2, 0.25) is 0 Å². The molecule has 1 aromatic heterocycles. The Bertz CT molecular complexity index is 1250. The molecule has 0 saturated heterocycles. The minimum Gasteiger partial charge on any atom is -0.497 e. The Labute approximate surface area is 207 Å². The molecule has 182 valence electrons. The molecular weight excluding hydrogens is 466 g/mol. The quantitative estimate of drug-likeness (QED) is 0.511. The van der Waals surface area contributed by atoms with Crippen molar-refractivity contribution in [3.8, 4) is 27.7 Å². The summed E-state index contributed by atoms with van der Waals surface area (Å²) < 4.78 is 16.6. The van der Waals surface area contributed by atoms with Gasteiger partial charge in [0.05, 0.1) is 22.6 Å². The summed E-state index contributed by atoms with van der Waals surface area (Å²) in [4.78, 5) is 33.7. The van der Waals surface area contributed by atoms with Gasteiger partial charge in [-0.1, -0.05) is 18.2 Å². The molecule has 5 rings (SSSR count). The monoisotopic (exact) mass is 493 g/mol. The van der Waals surface area contributed by atoms with Gasteiger partial charge >= 0.3 is 0 Å². The molecule has 3 aromatic rings. The molecular formula is C26H27N3O5S. The van der Waals surface area contributed by atoms with E-state index in [1.165, 1.54) is 11.3 Å². The van der Waals surface area contributed by atoms with Gasteiger partial charge in [0.1, 0.15) is 24.7 Å². The summed E-state index contributed by atoms with van der Waals surface area (Å²) in [5.74, 6) is 1.40. The number of para-hydroxylation sites is 1. The maximum absolute atomic E-state index is 13.6. The first kappa shape index (κ1) is 23.2. The lowest BCUT2D eigenvalue weighted by atomic mass is 10.1. The maximum Gasteiger partial charge on any atom is 0.274 e. The van der Waals surface area contributed by atoms with E-state index in [0.29, 0.717) is 49.1 Å². The van der Waals surface area contributed by atoms with E-state index in [-0.39, 0.29) is 17.9 Å². The Balaban J connectivity index is 1.30. The number of rotatable bonds is 8. The van der Waals surface area contributed by atoms with Crippen LogP contribution in [0.4, 0.5) is 0 Å². The van der Waals surface area contributed by atoms with Gasteiger partial charge in [0.15, 0.2) is 11.5 Å². The lowest BCUT2D eigenvalue weighted by Crippen LogP contribution is -2.40. The summed E-state index contributed by atoms with van der Waals surface area (Å²) in [6, 6.07) is 13.1. The number of nitrogens with one attached hydrogen (secondary N) is 1. The number of hydrogen-bond acceptors (Lipinski definition) is 7. The van der Waals surface area contributed by atoms with Crippen LogP contribution in [0.25, 0.3) is 10.4 Å². The van der Waals surface area contributed by atoms with Gasteiger partial charge in [-0.2, -0.15) is 0 Å². The fraction of sp³-hybridized carbons (Fsp3) is 0.346. The van der Waals surface area contributed by atoms with E-state index >= 15 is 0 Å². The number of carbonyl (C=O) groups excluding carboxylic acids is 2. The fourth-order valence-corrected chi connectivity index (χ4v) is 5.05. The molecule has 1 N–H and O–H groups in total. The number of aryl methyl sites for hydroxylation is 1. The minimum absolute atomic E-state index is 0.113. The van der Waals surface area contributed by atoms with Crippen LogP contribution in [0.1, 0.15) is 38.7 Å². The highest BCUT2D eigenvalue weighted by molar-refractivity contribution is 7.15. The van der Waals surface area contributed by atoms with Gasteiger partial charge < -0.3 is 24.4 Å². The third-order valence-electron chi connectivity index (χ3n) is 5.97. The number of hydrogen-bond donors (Lipinski definition) is 1. The zero-order valence-electron chi connectivity index (χ0n) is 19.7. The number of fused-ring (bicyclic) bond motifs is 1. The number of ether oxygens (including phenoxy) is 3. The third-order valence-corrected chi connectivity index (χ3v) is 6.99. The highest BCUT2D eigenvalue weighted by atomic mass is 32.1. The Morgan fingerprint density at radius 2 is 1.97 bits per heavy atom. The maximum atomic E-state index is 13.6. The van der Waals surface area contributed by atoms with E-state index in [0.717, 1.165) is 34.0 Å². The van der Waals surface area contributed by atoms with E-state index in [9.17, 15) is 9.59 Å². The first-order valence-electron chi connectivity index (χ1n) is 11.6. The van der Waals surface area contributed by atoms with Gasteiger partial charge in [-0.3, -0.25) is 9.59 Å². The minimum atomic E-state index is -0.253. The standard InChI is InChI=1S/C26H27N3O5S/c1-16-28-22(24(35-16)17-5-3-6-19(15-17)32-2)26(31)29(18-9-10-18)12-11-27-25(30)20-7-4-8-21-23(20)34-14-13-33-21/h3-8,15,18H,9-14H2,1-2H3,(H,27,30). The molecule has 2 amide bonds. The number of aromatic nitrogens is 1. The zero-order chi connectivity index (χ0) is 24.4. The van der Waals surface area contributed by atoms with Crippen LogP contribution in [-0.2, 0) is 0 Å². The molecule has 9 heteroatoms. The molecule has 1 aliphatic carbocycles. The molecule has 1 fully saturated rings. The number of carbonyl (C=O) groups is 2. The van der Waals surface area contributed by atoms with E-state index in [4.69, 9.17) is 14.2 Å². The predicted molar refractivity (Wildman–Crippen MR) is 133 cm³/mol. The van der Waals surface area contributed by atoms with Gasteiger partial charge in [0.25, 0.3) is 11.8 Å². The van der Waals surface area contributed by atoms with Gasteiger partial charge in [-0.15, -0.1) is 11.3 Å². The van der Waals surface area contributed by atoms with Crippen LogP contribution in [-0.4, -0.2) is 61.2 Å². The third kappa shape index (κ3) is 4.95. The number of benzene rings is 2. The molecule has 0 unspecified atom stereocenters. The molecule has 2 aliphatic rings. The van der Waals surface area contributed by atoms with Crippen LogP contribution in [0, 0.1) is 6.92 Å². The summed E-state index contributed by atoms with van der Waals surface area (Å²) in [6.45, 7) is 3.49. The summed E-state index contributed by atoms with van der Waals surface area (Å²) in [7, 11) is 1.62. The average molecular weight is 494 g/mol. The summed E-state index contributed by atoms with van der Waals surface area (Å²) >= 11 is 1.49. The van der Waals surface area contributed by atoms with Gasteiger partial charge in [0, 0.05) is 19.1 Å². The van der Waals surface area contributed by atoms with Crippen molar-refractivity contribution < 1.29 is 23.8 Å². The first-order chi connectivity index (χ1) is 17.0. The van der Waals surface area contributed by atoms with E-state index in [2.05, 4.69) is 10.3 Å². The second kappa shape index (κ2) is 9.95. The van der Waals surface area contributed by atoms with Crippen molar-refractivity contribution in [2.45, 2.75) is 25.8 Å². The van der Waals surface area contributed by atoms with Gasteiger partial charge in [0.2, 0.25) is 0 Å². The molecule has 2 heterocycles. The molecule has 0 bridgehead atoms. The van der Waals surface area contributed by atoms with E-state index in [1.807, 2.05) is 36.1 Å². The molecule has 1 aliphatic heterocycles. The van der Waals surface area contributed by atoms with Crippen LogP contribution in [0.3, 0.4) is 0 Å². The lowest BCUT2D eigenvalue weighted by Gasteiger charge is -2.23. The fourth-order valence-electron chi connectivity index (χ4n) is 4.14. The van der Waals surface area contributed by atoms with Crippen LogP contribution in [0.5, 0.6) is 17.2 Å². The lowest BCUT2D eigenvalue weighted by molar-refractivity contribution is 0.0731. The van der Waals surface area contributed by atoms with Crippen molar-refractivity contribution in [3.05, 3.63) is 58.7 Å². The van der Waals surface area contributed by atoms with Crippen molar-refractivity contribution in [2.75, 3.05) is 33.4 Å².